The van der Waals surface area contributed by atoms with Gasteiger partial charge in [-0.15, -0.1) is 0 Å². The van der Waals surface area contributed by atoms with Crippen molar-refractivity contribution in [3.63, 3.8) is 0 Å². The molecule has 3 aromatic carbocycles. The Labute approximate surface area is 194 Å². The van der Waals surface area contributed by atoms with E-state index in [0.29, 0.717) is 31.8 Å². The Hall–Kier alpha value is -2.32. The van der Waals surface area contributed by atoms with Crippen LogP contribution in [0.4, 0.5) is 5.69 Å². The fourth-order valence-corrected chi connectivity index (χ4v) is 6.45. The summed E-state index contributed by atoms with van der Waals surface area (Å²) in [4.78, 5) is 17.9. The molecule has 0 unspecified atom stereocenters. The van der Waals surface area contributed by atoms with Crippen LogP contribution in [-0.2, 0) is 10.0 Å². The molecular formula is C22H16Cl2N2O3S2. The molecule has 0 amide bonds. The van der Waals surface area contributed by atoms with Gasteiger partial charge in [-0.05, 0) is 60.6 Å². The fraction of sp³-hybridized carbons (Fsp3) is 0.0909. The van der Waals surface area contributed by atoms with Crippen molar-refractivity contribution in [2.45, 2.75) is 16.7 Å². The monoisotopic (exact) mass is 490 g/mol. The van der Waals surface area contributed by atoms with Crippen LogP contribution in [0.15, 0.2) is 81.5 Å². The lowest BCUT2D eigenvalue weighted by Gasteiger charge is -2.30. The number of aryl methyl sites for hydroxylation is 1. The molecule has 0 saturated heterocycles. The largest absolute Gasteiger partial charge is 0.292 e. The normalized spacial score (nSPS) is 16.2. The first-order valence-electron chi connectivity index (χ1n) is 9.19. The molecule has 9 heteroatoms. The predicted octanol–water partition coefficient (Wildman–Crippen LogP) is 5.97. The summed E-state index contributed by atoms with van der Waals surface area (Å²) in [6.45, 7) is 1.37. The van der Waals surface area contributed by atoms with Crippen LogP contribution in [0, 0.1) is 6.92 Å². The zero-order valence-electron chi connectivity index (χ0n) is 16.2. The van der Waals surface area contributed by atoms with Gasteiger partial charge in [0.15, 0.2) is 11.0 Å². The van der Waals surface area contributed by atoms with Crippen molar-refractivity contribution in [1.82, 2.24) is 4.31 Å². The van der Waals surface area contributed by atoms with E-state index in [0.717, 1.165) is 16.1 Å². The number of halogens is 2. The highest BCUT2D eigenvalue weighted by Gasteiger charge is 2.38. The molecule has 1 aliphatic heterocycles. The minimum Gasteiger partial charge on any atom is -0.292 e. The average molecular weight is 491 g/mol. The number of benzene rings is 3. The van der Waals surface area contributed by atoms with Crippen LogP contribution in [0.1, 0.15) is 15.9 Å². The number of aliphatic imine (C=N–C) groups is 1. The summed E-state index contributed by atoms with van der Waals surface area (Å²) in [6.07, 6.45) is 0. The molecule has 0 radical (unpaired) electrons. The number of carbonyl (C=O) groups is 1. The molecule has 5 nitrogen and oxygen atoms in total. The maximum atomic E-state index is 13.5. The summed E-state index contributed by atoms with van der Waals surface area (Å²) in [6, 6.07) is 18.4. The maximum Gasteiger partial charge on any atom is 0.267 e. The van der Waals surface area contributed by atoms with Gasteiger partial charge in [-0.2, -0.15) is 0 Å². The quantitative estimate of drug-likeness (QED) is 0.422. The third-order valence-electron chi connectivity index (χ3n) is 4.64. The molecule has 0 aliphatic carbocycles. The molecule has 0 atom stereocenters. The van der Waals surface area contributed by atoms with Gasteiger partial charge in [0.05, 0.1) is 12.2 Å². The maximum absolute atomic E-state index is 13.5. The zero-order chi connectivity index (χ0) is 22.2. The SMILES string of the molecule is Cc1cc2c(cc1Cl)SC(=Nc1ccc(Cl)cc1)N(CC(=O)c1ccccc1)S2(=O)=O. The van der Waals surface area contributed by atoms with Gasteiger partial charge in [-0.3, -0.25) is 4.79 Å². The lowest BCUT2D eigenvalue weighted by molar-refractivity contribution is 0.0981. The standard InChI is InChI=1S/C22H16Cl2N2O3S2/c1-14-11-21-20(12-18(14)24)30-22(25-17-9-7-16(23)8-10-17)26(31(21,28)29)13-19(27)15-5-3-2-4-6-15/h2-12H,13H2,1H3. The molecule has 158 valence electrons. The van der Waals surface area contributed by atoms with E-state index >= 15 is 0 Å². The van der Waals surface area contributed by atoms with Crippen LogP contribution in [0.2, 0.25) is 10.0 Å². The molecule has 31 heavy (non-hydrogen) atoms. The Morgan fingerprint density at radius 3 is 2.39 bits per heavy atom. The molecule has 0 N–H and O–H groups in total. The van der Waals surface area contributed by atoms with Gasteiger partial charge in [-0.25, -0.2) is 17.7 Å². The number of thioether (sulfide) groups is 1. The first kappa shape index (κ1) is 21.9. The summed E-state index contributed by atoms with van der Waals surface area (Å²) in [5.74, 6) is -0.331. The highest BCUT2D eigenvalue weighted by molar-refractivity contribution is 8.16. The van der Waals surface area contributed by atoms with Crippen molar-refractivity contribution in [1.29, 1.82) is 0 Å². The number of ketones is 1. The summed E-state index contributed by atoms with van der Waals surface area (Å²) in [5, 5.41) is 1.16. The second-order valence-electron chi connectivity index (χ2n) is 6.82. The van der Waals surface area contributed by atoms with E-state index in [1.807, 2.05) is 0 Å². The van der Waals surface area contributed by atoms with Gasteiger partial charge in [0.2, 0.25) is 0 Å². The Morgan fingerprint density at radius 1 is 1.03 bits per heavy atom. The van der Waals surface area contributed by atoms with Crippen LogP contribution >= 0.6 is 35.0 Å². The second kappa shape index (κ2) is 8.67. The number of hydrogen-bond acceptors (Lipinski definition) is 5. The van der Waals surface area contributed by atoms with Crippen LogP contribution in [0.3, 0.4) is 0 Å². The predicted molar refractivity (Wildman–Crippen MR) is 125 cm³/mol. The number of Topliss-reactive ketones (excluding diaryl/α,β-unsaturated/α-hetero) is 1. The summed E-state index contributed by atoms with van der Waals surface area (Å²) in [7, 11) is -4.03. The Balaban J connectivity index is 1.83. The number of fused-ring (bicyclic) bond motifs is 1. The van der Waals surface area contributed by atoms with Gasteiger partial charge < -0.3 is 0 Å². The number of sulfonamides is 1. The van der Waals surface area contributed by atoms with Crippen LogP contribution < -0.4 is 0 Å². The van der Waals surface area contributed by atoms with Crippen LogP contribution in [0.5, 0.6) is 0 Å². The van der Waals surface area contributed by atoms with Crippen molar-refractivity contribution in [3.8, 4) is 0 Å². The van der Waals surface area contributed by atoms with E-state index in [2.05, 4.69) is 4.99 Å². The summed E-state index contributed by atoms with van der Waals surface area (Å²) >= 11 is 13.3. The molecule has 0 saturated carbocycles. The number of hydrogen-bond donors (Lipinski definition) is 0. The third-order valence-corrected chi connectivity index (χ3v) is 8.37. The lowest BCUT2D eigenvalue weighted by atomic mass is 10.1. The molecule has 0 fully saturated rings. The third kappa shape index (κ3) is 4.50. The van der Waals surface area contributed by atoms with Crippen molar-refractivity contribution in [3.05, 3.63) is 87.9 Å². The highest BCUT2D eigenvalue weighted by atomic mass is 35.5. The van der Waals surface area contributed by atoms with Crippen molar-refractivity contribution < 1.29 is 13.2 Å². The second-order valence-corrected chi connectivity index (χ2v) is 10.5. The van der Waals surface area contributed by atoms with Gasteiger partial charge >= 0.3 is 0 Å². The number of nitrogens with zero attached hydrogens (tertiary/aromatic N) is 2. The molecule has 0 aromatic heterocycles. The first-order valence-corrected chi connectivity index (χ1v) is 12.2. The summed E-state index contributed by atoms with van der Waals surface area (Å²) in [5.41, 5.74) is 1.57. The van der Waals surface area contributed by atoms with Crippen molar-refractivity contribution in [2.75, 3.05) is 6.54 Å². The first-order chi connectivity index (χ1) is 14.8. The fourth-order valence-electron chi connectivity index (χ4n) is 2.99. The van der Waals surface area contributed by atoms with Crippen LogP contribution in [-0.4, -0.2) is 30.2 Å². The smallest absolute Gasteiger partial charge is 0.267 e. The van der Waals surface area contributed by atoms with E-state index in [1.165, 1.54) is 6.07 Å². The number of amidine groups is 1. The van der Waals surface area contributed by atoms with E-state index in [-0.39, 0.29) is 22.4 Å². The van der Waals surface area contributed by atoms with Gasteiger partial charge in [0.1, 0.15) is 4.90 Å². The minimum atomic E-state index is -4.03. The minimum absolute atomic E-state index is 0.107. The van der Waals surface area contributed by atoms with Gasteiger partial charge in [0, 0.05) is 20.5 Å². The molecule has 1 heterocycles. The number of carbonyl (C=O) groups excluding carboxylic acids is 1. The Bertz CT molecular complexity index is 1290. The van der Waals surface area contributed by atoms with E-state index < -0.39 is 10.0 Å². The lowest BCUT2D eigenvalue weighted by Crippen LogP contribution is -2.41. The topological polar surface area (TPSA) is 66.8 Å². The highest BCUT2D eigenvalue weighted by Crippen LogP contribution is 2.41. The van der Waals surface area contributed by atoms with E-state index in [9.17, 15) is 13.2 Å². The van der Waals surface area contributed by atoms with Crippen molar-refractivity contribution >= 4 is 61.6 Å². The summed E-state index contributed by atoms with van der Waals surface area (Å²) < 4.78 is 28.1. The molecule has 0 spiro atoms. The van der Waals surface area contributed by atoms with E-state index in [1.54, 1.807) is 67.6 Å². The van der Waals surface area contributed by atoms with Gasteiger partial charge in [-0.1, -0.05) is 53.5 Å². The Kier molecular flexibility index (Phi) is 6.12. The Morgan fingerprint density at radius 2 is 1.71 bits per heavy atom. The molecule has 0 bridgehead atoms. The van der Waals surface area contributed by atoms with Gasteiger partial charge in [0.25, 0.3) is 10.0 Å². The molecule has 3 aromatic rings. The van der Waals surface area contributed by atoms with Crippen LogP contribution in [0.25, 0.3) is 0 Å². The average Bonchev–Trinajstić information content (AvgIpc) is 2.75. The van der Waals surface area contributed by atoms with E-state index in [4.69, 9.17) is 23.2 Å². The molecule has 4 rings (SSSR count). The molecular weight excluding hydrogens is 475 g/mol. The molecule has 1 aliphatic rings. The number of rotatable bonds is 4. The van der Waals surface area contributed by atoms with Crippen molar-refractivity contribution in [2.24, 2.45) is 4.99 Å². The zero-order valence-corrected chi connectivity index (χ0v) is 19.4.